The highest BCUT2D eigenvalue weighted by Gasteiger charge is 2.50. The molecule has 1 aliphatic rings. The first kappa shape index (κ1) is 18.1. The van der Waals surface area contributed by atoms with E-state index in [9.17, 15) is 18.8 Å². The van der Waals surface area contributed by atoms with E-state index in [4.69, 9.17) is 11.6 Å². The van der Waals surface area contributed by atoms with Gasteiger partial charge in [-0.15, -0.1) is 0 Å². The summed E-state index contributed by atoms with van der Waals surface area (Å²) in [5.74, 6) is -1.52. The van der Waals surface area contributed by atoms with Crippen LogP contribution in [0.25, 0.3) is 0 Å². The molecule has 1 atom stereocenters. The van der Waals surface area contributed by atoms with E-state index in [-0.39, 0.29) is 16.4 Å². The number of aryl methyl sites for hydroxylation is 2. The molecule has 0 spiro atoms. The molecule has 3 rings (SSSR count). The summed E-state index contributed by atoms with van der Waals surface area (Å²) in [6.07, 6.45) is 0. The van der Waals surface area contributed by atoms with Crippen molar-refractivity contribution in [3.05, 3.63) is 57.6 Å². The molecule has 2 aromatic rings. The Bertz CT molecular complexity index is 940. The van der Waals surface area contributed by atoms with Crippen LogP contribution in [0.15, 0.2) is 24.3 Å². The maximum Gasteiger partial charge on any atom is 0.325 e. The van der Waals surface area contributed by atoms with Crippen molar-refractivity contribution in [2.24, 2.45) is 0 Å². The van der Waals surface area contributed by atoms with Crippen LogP contribution >= 0.6 is 11.6 Å². The van der Waals surface area contributed by atoms with Gasteiger partial charge in [0.1, 0.15) is 11.4 Å². The average molecular weight is 378 g/mol. The number of rotatable bonds is 4. The van der Waals surface area contributed by atoms with E-state index in [0.717, 1.165) is 22.7 Å². The molecule has 2 heterocycles. The Labute approximate surface area is 154 Å². The Morgan fingerprint density at radius 3 is 2.54 bits per heavy atom. The number of carbonyl (C=O) groups excluding carboxylic acids is 3. The molecule has 0 aliphatic carbocycles. The van der Waals surface area contributed by atoms with E-state index in [0.29, 0.717) is 11.3 Å². The van der Waals surface area contributed by atoms with Crippen LogP contribution in [0.1, 0.15) is 34.2 Å². The van der Waals surface area contributed by atoms with Gasteiger partial charge in [0, 0.05) is 27.5 Å². The number of aromatic nitrogens is 1. The fourth-order valence-corrected chi connectivity index (χ4v) is 3.52. The summed E-state index contributed by atoms with van der Waals surface area (Å²) >= 11 is 6.05. The van der Waals surface area contributed by atoms with Gasteiger partial charge in [-0.1, -0.05) is 17.7 Å². The lowest BCUT2D eigenvalue weighted by Gasteiger charge is -2.23. The third-order valence-corrected chi connectivity index (χ3v) is 4.81. The van der Waals surface area contributed by atoms with Crippen molar-refractivity contribution in [3.8, 4) is 0 Å². The van der Waals surface area contributed by atoms with Crippen LogP contribution in [0.4, 0.5) is 9.18 Å². The number of halogens is 2. The van der Waals surface area contributed by atoms with Crippen molar-refractivity contribution in [2.75, 3.05) is 6.54 Å². The van der Waals surface area contributed by atoms with Gasteiger partial charge in [-0.05, 0) is 39.0 Å². The fourth-order valence-electron chi connectivity index (χ4n) is 3.16. The minimum atomic E-state index is -1.47. The number of hydrogen-bond donors (Lipinski definition) is 2. The second-order valence-corrected chi connectivity index (χ2v) is 6.89. The molecule has 0 bridgehead atoms. The largest absolute Gasteiger partial charge is 0.362 e. The third-order valence-electron chi connectivity index (χ3n) is 4.50. The van der Waals surface area contributed by atoms with Gasteiger partial charge in [-0.3, -0.25) is 14.5 Å². The molecule has 1 saturated heterocycles. The van der Waals surface area contributed by atoms with Crippen LogP contribution in [0.5, 0.6) is 0 Å². The van der Waals surface area contributed by atoms with E-state index in [1.807, 2.05) is 6.92 Å². The van der Waals surface area contributed by atoms with Crippen molar-refractivity contribution >= 4 is 29.3 Å². The number of carbonyl (C=O) groups is 3. The quantitative estimate of drug-likeness (QED) is 0.634. The molecule has 3 amide bonds. The highest BCUT2D eigenvalue weighted by Crippen LogP contribution is 2.34. The standard InChI is InChI=1S/C18H17ClFN3O3/c1-9-6-12(10(2)21-9)15(24)8-23-16(25)18(3,22-17(23)26)13-5-4-11(20)7-14(13)19/h4-7,21H,8H2,1-3H3,(H,22,26). The molecule has 1 fully saturated rings. The van der Waals surface area contributed by atoms with Gasteiger partial charge in [0.05, 0.1) is 6.54 Å². The number of amides is 3. The molecule has 2 N–H and O–H groups in total. The van der Waals surface area contributed by atoms with Crippen molar-refractivity contribution in [1.82, 2.24) is 15.2 Å². The van der Waals surface area contributed by atoms with Crippen LogP contribution in [0.3, 0.4) is 0 Å². The van der Waals surface area contributed by atoms with E-state index in [1.165, 1.54) is 13.0 Å². The predicted molar refractivity (Wildman–Crippen MR) is 93.6 cm³/mol. The van der Waals surface area contributed by atoms with Gasteiger partial charge >= 0.3 is 6.03 Å². The molecule has 1 unspecified atom stereocenters. The maximum absolute atomic E-state index is 13.3. The topological polar surface area (TPSA) is 82.3 Å². The zero-order chi connectivity index (χ0) is 19.2. The second-order valence-electron chi connectivity index (χ2n) is 6.48. The second kappa shape index (κ2) is 6.25. The maximum atomic E-state index is 13.3. The molecule has 6 nitrogen and oxygen atoms in total. The number of benzene rings is 1. The molecule has 8 heteroatoms. The number of nitrogens with zero attached hydrogens (tertiary/aromatic N) is 1. The number of Topliss-reactive ketones (excluding diaryl/α,β-unsaturated/α-hetero) is 1. The van der Waals surface area contributed by atoms with Crippen molar-refractivity contribution in [1.29, 1.82) is 0 Å². The number of nitrogens with one attached hydrogen (secondary N) is 2. The van der Waals surface area contributed by atoms with Gasteiger partial charge in [0.2, 0.25) is 0 Å². The lowest BCUT2D eigenvalue weighted by molar-refractivity contribution is -0.130. The fraction of sp³-hybridized carbons (Fsp3) is 0.278. The van der Waals surface area contributed by atoms with E-state index in [2.05, 4.69) is 10.3 Å². The first-order chi connectivity index (χ1) is 12.1. The highest BCUT2D eigenvalue weighted by molar-refractivity contribution is 6.32. The van der Waals surface area contributed by atoms with E-state index >= 15 is 0 Å². The monoisotopic (exact) mass is 377 g/mol. The number of H-pyrrole nitrogens is 1. The molecule has 0 radical (unpaired) electrons. The zero-order valence-corrected chi connectivity index (χ0v) is 15.2. The van der Waals surface area contributed by atoms with Crippen molar-refractivity contribution in [3.63, 3.8) is 0 Å². The third kappa shape index (κ3) is 2.88. The van der Waals surface area contributed by atoms with E-state index in [1.54, 1.807) is 13.0 Å². The summed E-state index contributed by atoms with van der Waals surface area (Å²) < 4.78 is 13.3. The smallest absolute Gasteiger partial charge is 0.325 e. The van der Waals surface area contributed by atoms with Gasteiger partial charge in [0.15, 0.2) is 5.78 Å². The minimum absolute atomic E-state index is 0.0198. The average Bonchev–Trinajstić information content (AvgIpc) is 2.99. The van der Waals surface area contributed by atoms with Gasteiger partial charge in [-0.25, -0.2) is 9.18 Å². The van der Waals surface area contributed by atoms with Crippen molar-refractivity contribution < 1.29 is 18.8 Å². The molecule has 1 aromatic heterocycles. The van der Waals surface area contributed by atoms with Gasteiger partial charge in [0.25, 0.3) is 5.91 Å². The number of ketones is 1. The SMILES string of the molecule is Cc1cc(C(=O)CN2C(=O)NC(C)(c3ccc(F)cc3Cl)C2=O)c(C)[nH]1. The molecular weight excluding hydrogens is 361 g/mol. The predicted octanol–water partition coefficient (Wildman–Crippen LogP) is 3.07. The molecule has 26 heavy (non-hydrogen) atoms. The van der Waals surface area contributed by atoms with Gasteiger partial charge in [-0.2, -0.15) is 0 Å². The van der Waals surface area contributed by atoms with E-state index < -0.39 is 29.8 Å². The Hall–Kier alpha value is -2.67. The Balaban J connectivity index is 1.89. The molecule has 1 aromatic carbocycles. The number of imide groups is 1. The first-order valence-electron chi connectivity index (χ1n) is 7.92. The molecular formula is C18H17ClFN3O3. The summed E-state index contributed by atoms with van der Waals surface area (Å²) in [6.45, 7) is 4.64. The summed E-state index contributed by atoms with van der Waals surface area (Å²) in [6, 6.07) is 4.55. The molecule has 0 saturated carbocycles. The summed E-state index contributed by atoms with van der Waals surface area (Å²) in [5, 5.41) is 2.57. The zero-order valence-electron chi connectivity index (χ0n) is 14.4. The lowest BCUT2D eigenvalue weighted by atomic mass is 9.92. The van der Waals surface area contributed by atoms with Crippen LogP contribution in [0, 0.1) is 19.7 Å². The summed E-state index contributed by atoms with van der Waals surface area (Å²) in [5.41, 5.74) is 0.708. The Morgan fingerprint density at radius 1 is 1.27 bits per heavy atom. The first-order valence-corrected chi connectivity index (χ1v) is 8.30. The number of hydrogen-bond acceptors (Lipinski definition) is 3. The number of aromatic amines is 1. The van der Waals surface area contributed by atoms with Gasteiger partial charge < -0.3 is 10.3 Å². The highest BCUT2D eigenvalue weighted by atomic mass is 35.5. The van der Waals surface area contributed by atoms with Crippen LogP contribution in [-0.4, -0.2) is 34.2 Å². The lowest BCUT2D eigenvalue weighted by Crippen LogP contribution is -2.41. The van der Waals surface area contributed by atoms with Crippen LogP contribution in [-0.2, 0) is 10.3 Å². The summed E-state index contributed by atoms with van der Waals surface area (Å²) in [4.78, 5) is 41.6. The molecule has 1 aliphatic heterocycles. The van der Waals surface area contributed by atoms with Crippen LogP contribution < -0.4 is 5.32 Å². The Kier molecular flexibility index (Phi) is 4.36. The minimum Gasteiger partial charge on any atom is -0.362 e. The molecule has 136 valence electrons. The van der Waals surface area contributed by atoms with Crippen LogP contribution in [0.2, 0.25) is 5.02 Å². The Morgan fingerprint density at radius 2 is 1.96 bits per heavy atom. The number of urea groups is 1. The normalized spacial score (nSPS) is 19.8. The van der Waals surface area contributed by atoms with Crippen molar-refractivity contribution in [2.45, 2.75) is 26.3 Å². The summed E-state index contributed by atoms with van der Waals surface area (Å²) in [7, 11) is 0.